The predicted octanol–water partition coefficient (Wildman–Crippen LogP) is 5.18. The Morgan fingerprint density at radius 2 is 1.68 bits per heavy atom. The molecule has 0 atom stereocenters. The molecule has 0 unspecified atom stereocenters. The third-order valence-corrected chi connectivity index (χ3v) is 5.76. The van der Waals surface area contributed by atoms with Crippen LogP contribution >= 0.6 is 11.3 Å². The summed E-state index contributed by atoms with van der Waals surface area (Å²) in [4.78, 5) is 25.2. The van der Waals surface area contributed by atoms with Crippen molar-refractivity contribution in [2.75, 3.05) is 19.4 Å². The van der Waals surface area contributed by atoms with Crippen molar-refractivity contribution in [3.05, 3.63) is 70.8 Å². The molecule has 0 fully saturated rings. The summed E-state index contributed by atoms with van der Waals surface area (Å²) in [5.41, 5.74) is -0.167. The Kier molecular flexibility index (Phi) is 6.24. The highest BCUT2D eigenvalue weighted by Gasteiger charge is 2.23. The molecule has 2 N–H and O–H groups in total. The van der Waals surface area contributed by atoms with Crippen molar-refractivity contribution in [2.45, 2.75) is 19.4 Å². The minimum Gasteiger partial charge on any atom is -0.386 e. The van der Waals surface area contributed by atoms with Crippen LogP contribution in [0.2, 0.25) is 0 Å². The van der Waals surface area contributed by atoms with Crippen LogP contribution in [-0.4, -0.2) is 36.3 Å². The Hall–Kier alpha value is -3.10. The topological polar surface area (TPSA) is 69.6 Å². The number of anilines is 2. The minimum atomic E-state index is -1.39. The van der Waals surface area contributed by atoms with Crippen LogP contribution in [0.5, 0.6) is 0 Å². The van der Waals surface area contributed by atoms with Crippen LogP contribution in [0, 0.1) is 11.6 Å². The second-order valence-corrected chi connectivity index (χ2v) is 8.84. The van der Waals surface area contributed by atoms with E-state index in [9.17, 15) is 23.5 Å². The molecule has 0 aliphatic rings. The molecule has 5 nitrogen and oxygen atoms in total. The van der Waals surface area contributed by atoms with Gasteiger partial charge in [-0.2, -0.15) is 0 Å². The van der Waals surface area contributed by atoms with Gasteiger partial charge in [0.2, 0.25) is 0 Å². The molecular formula is C23H22F2N2O3S. The van der Waals surface area contributed by atoms with E-state index in [4.69, 9.17) is 0 Å². The van der Waals surface area contributed by atoms with Gasteiger partial charge in [0.15, 0.2) is 6.29 Å². The monoisotopic (exact) mass is 444 g/mol. The number of carbonyl (C=O) groups is 2. The fraction of sp³-hybridized carbons (Fsp3) is 0.217. The molecule has 2 aromatic carbocycles. The summed E-state index contributed by atoms with van der Waals surface area (Å²) < 4.78 is 29.4. The van der Waals surface area contributed by atoms with Gasteiger partial charge in [0.05, 0.1) is 11.2 Å². The maximum atomic E-state index is 14.7. The van der Waals surface area contributed by atoms with E-state index in [2.05, 4.69) is 5.32 Å². The number of halogens is 2. The number of carbonyl (C=O) groups excluding carboxylic acids is 2. The lowest BCUT2D eigenvalue weighted by Crippen LogP contribution is -2.21. The highest BCUT2D eigenvalue weighted by Crippen LogP contribution is 2.39. The maximum Gasteiger partial charge on any atom is 0.253 e. The lowest BCUT2D eigenvalue weighted by molar-refractivity contribution is 0.0778. The molecule has 3 aromatic rings. The number of aliphatic hydroxyl groups is 1. The van der Waals surface area contributed by atoms with E-state index in [0.717, 1.165) is 23.5 Å². The Balaban J connectivity index is 1.94. The van der Waals surface area contributed by atoms with Crippen LogP contribution in [0.1, 0.15) is 40.1 Å². The first-order valence-electron chi connectivity index (χ1n) is 9.41. The molecule has 0 bridgehead atoms. The average molecular weight is 445 g/mol. The van der Waals surface area contributed by atoms with Gasteiger partial charge in [0.25, 0.3) is 5.91 Å². The molecule has 1 amide bonds. The molecular weight excluding hydrogens is 422 g/mol. The summed E-state index contributed by atoms with van der Waals surface area (Å²) in [6.07, 6.45) is 0.604. The maximum absolute atomic E-state index is 14.7. The van der Waals surface area contributed by atoms with Gasteiger partial charge in [-0.3, -0.25) is 9.59 Å². The van der Waals surface area contributed by atoms with E-state index in [1.165, 1.54) is 24.8 Å². The van der Waals surface area contributed by atoms with E-state index in [1.54, 1.807) is 38.4 Å². The predicted molar refractivity (Wildman–Crippen MR) is 118 cm³/mol. The first-order chi connectivity index (χ1) is 14.5. The van der Waals surface area contributed by atoms with E-state index in [0.29, 0.717) is 22.5 Å². The van der Waals surface area contributed by atoms with Crippen molar-refractivity contribution in [1.82, 2.24) is 4.90 Å². The second kappa shape index (κ2) is 8.56. The zero-order valence-electron chi connectivity index (χ0n) is 17.5. The number of rotatable bonds is 6. The molecule has 0 aliphatic heterocycles. The van der Waals surface area contributed by atoms with Crippen LogP contribution in [0.3, 0.4) is 0 Å². The Bertz CT molecular complexity index is 1110. The van der Waals surface area contributed by atoms with Crippen LogP contribution in [0.4, 0.5) is 19.5 Å². The van der Waals surface area contributed by atoms with Crippen molar-refractivity contribution >= 4 is 34.2 Å². The lowest BCUT2D eigenvalue weighted by atomic mass is 9.96. The molecule has 0 aliphatic carbocycles. The van der Waals surface area contributed by atoms with Gasteiger partial charge in [0.1, 0.15) is 16.6 Å². The SMILES string of the molecule is CN(C)C(=O)c1ccc(Nc2sc(-c3c(F)cc(C(C)(C)O)cc3F)cc2C=O)cc1. The number of nitrogens with one attached hydrogen (secondary N) is 1. The van der Waals surface area contributed by atoms with Gasteiger partial charge in [-0.15, -0.1) is 11.3 Å². The lowest BCUT2D eigenvalue weighted by Gasteiger charge is -2.18. The number of nitrogens with zero attached hydrogens (tertiary/aromatic N) is 1. The third-order valence-electron chi connectivity index (χ3n) is 4.68. The molecule has 0 saturated heterocycles. The average Bonchev–Trinajstić information content (AvgIpc) is 3.09. The number of amides is 1. The van der Waals surface area contributed by atoms with Gasteiger partial charge in [-0.1, -0.05) is 0 Å². The van der Waals surface area contributed by atoms with Crippen molar-refractivity contribution in [1.29, 1.82) is 0 Å². The van der Waals surface area contributed by atoms with E-state index >= 15 is 0 Å². The molecule has 0 radical (unpaired) electrons. The first kappa shape index (κ1) is 22.6. The third kappa shape index (κ3) is 4.81. The molecule has 0 spiro atoms. The summed E-state index contributed by atoms with van der Waals surface area (Å²) in [5.74, 6) is -1.79. The molecule has 1 aromatic heterocycles. The second-order valence-electron chi connectivity index (χ2n) is 7.79. The van der Waals surface area contributed by atoms with Crippen molar-refractivity contribution in [3.8, 4) is 10.4 Å². The molecule has 31 heavy (non-hydrogen) atoms. The van der Waals surface area contributed by atoms with Crippen LogP contribution in [-0.2, 0) is 5.60 Å². The van der Waals surface area contributed by atoms with E-state index in [1.807, 2.05) is 0 Å². The number of benzene rings is 2. The van der Waals surface area contributed by atoms with Crippen LogP contribution in [0.15, 0.2) is 42.5 Å². The summed E-state index contributed by atoms with van der Waals surface area (Å²) in [6.45, 7) is 2.88. The summed E-state index contributed by atoms with van der Waals surface area (Å²) in [7, 11) is 3.31. The normalized spacial score (nSPS) is 11.3. The fourth-order valence-corrected chi connectivity index (χ4v) is 4.06. The number of hydrogen-bond donors (Lipinski definition) is 2. The number of thiophene rings is 1. The van der Waals surface area contributed by atoms with Gasteiger partial charge in [0, 0.05) is 35.8 Å². The van der Waals surface area contributed by atoms with Crippen molar-refractivity contribution in [3.63, 3.8) is 0 Å². The van der Waals surface area contributed by atoms with Gasteiger partial charge >= 0.3 is 0 Å². The summed E-state index contributed by atoms with van der Waals surface area (Å²) >= 11 is 1.03. The zero-order chi connectivity index (χ0) is 22.9. The summed E-state index contributed by atoms with van der Waals surface area (Å²) in [6, 6.07) is 10.3. The quantitative estimate of drug-likeness (QED) is 0.514. The van der Waals surface area contributed by atoms with Gasteiger partial charge in [-0.05, 0) is 61.9 Å². The fourth-order valence-electron chi connectivity index (χ4n) is 2.96. The van der Waals surface area contributed by atoms with Crippen molar-refractivity contribution in [2.24, 2.45) is 0 Å². The molecule has 3 rings (SSSR count). The standard InChI is InChI=1S/C23H22F2N2O3S/c1-23(2,30)15-10-17(24)20(18(25)11-15)19-9-14(12-28)21(31-19)26-16-7-5-13(6-8-16)22(29)27(3)4/h5-12,26,30H,1-4H3. The Morgan fingerprint density at radius 3 is 2.16 bits per heavy atom. The number of aldehydes is 1. The Labute approximate surface area is 182 Å². The van der Waals surface area contributed by atoms with Crippen LogP contribution < -0.4 is 5.32 Å². The van der Waals surface area contributed by atoms with E-state index < -0.39 is 17.2 Å². The zero-order valence-corrected chi connectivity index (χ0v) is 18.3. The first-order valence-corrected chi connectivity index (χ1v) is 10.2. The Morgan fingerprint density at radius 1 is 1.10 bits per heavy atom. The highest BCUT2D eigenvalue weighted by molar-refractivity contribution is 7.19. The molecule has 162 valence electrons. The minimum absolute atomic E-state index is 0.115. The van der Waals surface area contributed by atoms with E-state index in [-0.39, 0.29) is 27.5 Å². The largest absolute Gasteiger partial charge is 0.386 e. The van der Waals surface area contributed by atoms with Crippen molar-refractivity contribution < 1.29 is 23.5 Å². The van der Waals surface area contributed by atoms with Gasteiger partial charge < -0.3 is 15.3 Å². The number of hydrogen-bond acceptors (Lipinski definition) is 5. The smallest absolute Gasteiger partial charge is 0.253 e. The highest BCUT2D eigenvalue weighted by atomic mass is 32.1. The molecule has 1 heterocycles. The van der Waals surface area contributed by atoms with Crippen LogP contribution in [0.25, 0.3) is 10.4 Å². The summed E-state index contributed by atoms with van der Waals surface area (Å²) in [5, 5.41) is 13.5. The molecule has 8 heteroatoms. The molecule has 0 saturated carbocycles. The van der Waals surface area contributed by atoms with Gasteiger partial charge in [-0.25, -0.2) is 8.78 Å².